The minimum absolute atomic E-state index is 0. The van der Waals surface area contributed by atoms with Crippen LogP contribution in [0.25, 0.3) is 0 Å². The Morgan fingerprint density at radius 2 is 1.64 bits per heavy atom. The van der Waals surface area contributed by atoms with Crippen LogP contribution in [0.15, 0.2) is 53.4 Å². The molecule has 0 aromatic heterocycles. The van der Waals surface area contributed by atoms with Crippen LogP contribution in [0.3, 0.4) is 0 Å². The maximum Gasteiger partial charge on any atom is 0.261 e. The second-order valence-electron chi connectivity index (χ2n) is 6.87. The van der Waals surface area contributed by atoms with Crippen LogP contribution in [0.2, 0.25) is 0 Å². The van der Waals surface area contributed by atoms with E-state index in [0.717, 1.165) is 12.1 Å². The van der Waals surface area contributed by atoms with Crippen LogP contribution >= 0.6 is 12.4 Å². The number of anilines is 1. The molecule has 0 aliphatic rings. The summed E-state index contributed by atoms with van der Waals surface area (Å²) in [6.07, 6.45) is 0. The number of carbonyl (C=O) groups is 1. The second-order valence-corrected chi connectivity index (χ2v) is 8.55. The molecule has 2 aromatic rings. The highest BCUT2D eigenvalue weighted by atomic mass is 35.5. The Hall–Kier alpha value is -2.16. The molecular formula is C19H25ClFN3O3S. The fourth-order valence-electron chi connectivity index (χ4n) is 2.28. The lowest BCUT2D eigenvalue weighted by atomic mass is 9.88. The van der Waals surface area contributed by atoms with Gasteiger partial charge in [0.2, 0.25) is 0 Å². The minimum atomic E-state index is -3.85. The summed E-state index contributed by atoms with van der Waals surface area (Å²) < 4.78 is 40.1. The number of nitrogens with one attached hydrogen (secondary N) is 2. The van der Waals surface area contributed by atoms with Crippen LogP contribution in [-0.4, -0.2) is 26.4 Å². The van der Waals surface area contributed by atoms with Gasteiger partial charge in [-0.2, -0.15) is 0 Å². The molecule has 0 heterocycles. The first-order chi connectivity index (χ1) is 12.6. The predicted octanol–water partition coefficient (Wildman–Crippen LogP) is 3.15. The van der Waals surface area contributed by atoms with Crippen LogP contribution in [0.4, 0.5) is 10.1 Å². The molecule has 0 saturated heterocycles. The third-order valence-corrected chi connectivity index (χ3v) is 6.02. The minimum Gasteiger partial charge on any atom is -0.345 e. The molecule has 0 bridgehead atoms. The second kappa shape index (κ2) is 9.36. The van der Waals surface area contributed by atoms with Gasteiger partial charge < -0.3 is 11.1 Å². The molecule has 0 fully saturated rings. The van der Waals surface area contributed by atoms with Crippen molar-refractivity contribution in [3.8, 4) is 0 Å². The van der Waals surface area contributed by atoms with Crippen molar-refractivity contribution in [2.75, 3.05) is 11.3 Å². The van der Waals surface area contributed by atoms with Gasteiger partial charge in [0, 0.05) is 17.8 Å². The van der Waals surface area contributed by atoms with Gasteiger partial charge in [-0.25, -0.2) is 12.8 Å². The first-order valence-electron chi connectivity index (χ1n) is 8.48. The van der Waals surface area contributed by atoms with E-state index in [2.05, 4.69) is 10.0 Å². The van der Waals surface area contributed by atoms with Gasteiger partial charge in [-0.1, -0.05) is 13.8 Å². The summed E-state index contributed by atoms with van der Waals surface area (Å²) in [5.41, 5.74) is 5.78. The van der Waals surface area contributed by atoms with E-state index in [1.807, 2.05) is 20.8 Å². The summed E-state index contributed by atoms with van der Waals surface area (Å²) in [5, 5.41) is 2.90. The maximum atomic E-state index is 12.9. The molecule has 28 heavy (non-hydrogen) atoms. The van der Waals surface area contributed by atoms with Gasteiger partial charge in [0.25, 0.3) is 15.9 Å². The average molecular weight is 430 g/mol. The Bertz CT molecular complexity index is 903. The van der Waals surface area contributed by atoms with E-state index in [4.69, 9.17) is 5.73 Å². The molecule has 0 spiro atoms. The van der Waals surface area contributed by atoms with Crippen molar-refractivity contribution >= 4 is 34.0 Å². The first-order valence-corrected chi connectivity index (χ1v) is 9.97. The Labute approximate surface area is 171 Å². The van der Waals surface area contributed by atoms with Crippen molar-refractivity contribution in [1.82, 2.24) is 5.32 Å². The number of halogens is 2. The van der Waals surface area contributed by atoms with Crippen LogP contribution in [-0.2, 0) is 10.0 Å². The molecule has 0 saturated carbocycles. The molecule has 2 aromatic carbocycles. The van der Waals surface area contributed by atoms with E-state index in [1.54, 1.807) is 0 Å². The molecule has 0 radical (unpaired) electrons. The molecule has 154 valence electrons. The monoisotopic (exact) mass is 429 g/mol. The number of amides is 1. The van der Waals surface area contributed by atoms with E-state index < -0.39 is 21.4 Å². The summed E-state index contributed by atoms with van der Waals surface area (Å²) in [5.74, 6) is -0.655. The highest BCUT2D eigenvalue weighted by Crippen LogP contribution is 2.19. The largest absolute Gasteiger partial charge is 0.345 e. The SMILES string of the molecule is CC(C)C(C)(CN)NC(=O)c1ccc(S(=O)(=O)Nc2ccc(F)cc2)cc1.Cl. The number of sulfonamides is 1. The molecule has 9 heteroatoms. The number of nitrogens with two attached hydrogens (primary N) is 1. The van der Waals surface area contributed by atoms with E-state index in [0.29, 0.717) is 5.56 Å². The van der Waals surface area contributed by atoms with E-state index in [-0.39, 0.29) is 41.4 Å². The molecule has 1 atom stereocenters. The van der Waals surface area contributed by atoms with Crippen molar-refractivity contribution in [2.24, 2.45) is 11.7 Å². The van der Waals surface area contributed by atoms with Gasteiger partial charge in [-0.3, -0.25) is 9.52 Å². The quantitative estimate of drug-likeness (QED) is 0.629. The standard InChI is InChI=1S/C19H24FN3O3S.ClH/c1-13(2)19(3,12-21)22-18(24)14-4-10-17(11-5-14)27(25,26)23-16-8-6-15(20)7-9-16;/h4-11,13,23H,12,21H2,1-3H3,(H,22,24);1H. The number of hydrogen-bond acceptors (Lipinski definition) is 4. The van der Waals surface area contributed by atoms with Gasteiger partial charge in [-0.05, 0) is 61.4 Å². The lowest BCUT2D eigenvalue weighted by Gasteiger charge is -2.33. The maximum absolute atomic E-state index is 12.9. The van der Waals surface area contributed by atoms with Gasteiger partial charge in [0.15, 0.2) is 0 Å². The Kier molecular flexibility index (Phi) is 7.98. The first kappa shape index (κ1) is 23.9. The topological polar surface area (TPSA) is 101 Å². The van der Waals surface area contributed by atoms with Gasteiger partial charge in [0.1, 0.15) is 5.82 Å². The van der Waals surface area contributed by atoms with Crippen LogP contribution < -0.4 is 15.8 Å². The normalized spacial score (nSPS) is 13.4. The summed E-state index contributed by atoms with van der Waals surface area (Å²) >= 11 is 0. The third-order valence-electron chi connectivity index (χ3n) is 4.62. The van der Waals surface area contributed by atoms with Gasteiger partial charge >= 0.3 is 0 Å². The van der Waals surface area contributed by atoms with E-state index in [1.165, 1.54) is 36.4 Å². The number of benzene rings is 2. The molecule has 2 rings (SSSR count). The zero-order valence-corrected chi connectivity index (χ0v) is 17.5. The summed E-state index contributed by atoms with van der Waals surface area (Å²) in [4.78, 5) is 12.4. The molecule has 6 nitrogen and oxygen atoms in total. The molecule has 0 aliphatic carbocycles. The van der Waals surface area contributed by atoms with E-state index >= 15 is 0 Å². The van der Waals surface area contributed by atoms with Crippen molar-refractivity contribution < 1.29 is 17.6 Å². The summed E-state index contributed by atoms with van der Waals surface area (Å²) in [6.45, 7) is 6.07. The molecule has 1 amide bonds. The van der Waals surface area contributed by atoms with Crippen molar-refractivity contribution in [1.29, 1.82) is 0 Å². The molecule has 0 aliphatic heterocycles. The number of hydrogen-bond donors (Lipinski definition) is 3. The Morgan fingerprint density at radius 1 is 1.11 bits per heavy atom. The summed E-state index contributed by atoms with van der Waals surface area (Å²) in [6, 6.07) is 10.5. The highest BCUT2D eigenvalue weighted by molar-refractivity contribution is 7.92. The fourth-order valence-corrected chi connectivity index (χ4v) is 3.34. The van der Waals surface area contributed by atoms with Crippen molar-refractivity contribution in [3.63, 3.8) is 0 Å². The zero-order chi connectivity index (χ0) is 20.2. The van der Waals surface area contributed by atoms with Crippen LogP contribution in [0.1, 0.15) is 31.1 Å². The predicted molar refractivity (Wildman–Crippen MR) is 111 cm³/mol. The highest BCUT2D eigenvalue weighted by Gasteiger charge is 2.29. The lowest BCUT2D eigenvalue weighted by molar-refractivity contribution is 0.0883. The zero-order valence-electron chi connectivity index (χ0n) is 15.9. The van der Waals surface area contributed by atoms with Gasteiger partial charge in [-0.15, -0.1) is 12.4 Å². The Morgan fingerprint density at radius 3 is 2.11 bits per heavy atom. The van der Waals surface area contributed by atoms with Crippen molar-refractivity contribution in [2.45, 2.75) is 31.2 Å². The third kappa shape index (κ3) is 5.67. The van der Waals surface area contributed by atoms with Gasteiger partial charge in [0.05, 0.1) is 10.4 Å². The number of rotatable bonds is 7. The number of carbonyl (C=O) groups excluding carboxylic acids is 1. The molecule has 1 unspecified atom stereocenters. The van der Waals surface area contributed by atoms with Crippen LogP contribution in [0, 0.1) is 11.7 Å². The molecule has 4 N–H and O–H groups in total. The summed E-state index contributed by atoms with van der Waals surface area (Å²) in [7, 11) is -3.85. The van der Waals surface area contributed by atoms with Crippen molar-refractivity contribution in [3.05, 3.63) is 59.9 Å². The lowest BCUT2D eigenvalue weighted by Crippen LogP contribution is -2.55. The molecular weight excluding hydrogens is 405 g/mol. The average Bonchev–Trinajstić information content (AvgIpc) is 2.63. The Balaban J connectivity index is 0.00000392. The smallest absolute Gasteiger partial charge is 0.261 e. The fraction of sp³-hybridized carbons (Fsp3) is 0.316. The van der Waals surface area contributed by atoms with Crippen LogP contribution in [0.5, 0.6) is 0 Å². The van der Waals surface area contributed by atoms with E-state index in [9.17, 15) is 17.6 Å².